The van der Waals surface area contributed by atoms with Crippen molar-refractivity contribution in [2.45, 2.75) is 62.4 Å². The quantitative estimate of drug-likeness (QED) is 0.158. The van der Waals surface area contributed by atoms with E-state index in [2.05, 4.69) is 30.1 Å². The van der Waals surface area contributed by atoms with Gasteiger partial charge in [-0.1, -0.05) is 26.0 Å². The minimum atomic E-state index is -3.90. The number of H-pyrrole nitrogens is 1. The Hall–Kier alpha value is -4.03. The van der Waals surface area contributed by atoms with E-state index in [9.17, 15) is 18.0 Å². The topological polar surface area (TPSA) is 155 Å². The molecule has 12 heteroatoms. The molecule has 2 aliphatic rings. The number of aromatic nitrogens is 3. The number of nitrogens with one attached hydrogen (secondary N) is 4. The number of pyridine rings is 1. The highest BCUT2D eigenvalue weighted by Gasteiger charge is 2.37. The number of imidazole rings is 1. The Morgan fingerprint density at radius 3 is 2.62 bits per heavy atom. The van der Waals surface area contributed by atoms with Crippen molar-refractivity contribution in [2.75, 3.05) is 19.0 Å². The lowest BCUT2D eigenvalue weighted by atomic mass is 9.98. The van der Waals surface area contributed by atoms with Crippen LogP contribution in [0.3, 0.4) is 0 Å². The molecule has 6 rings (SSSR count). The molecule has 2 heterocycles. The highest BCUT2D eigenvalue weighted by Crippen LogP contribution is 2.47. The van der Waals surface area contributed by atoms with E-state index in [1.807, 2.05) is 44.2 Å². The molecule has 11 nitrogen and oxygen atoms in total. The van der Waals surface area contributed by atoms with E-state index in [0.717, 1.165) is 35.1 Å². The molecule has 1 fully saturated rings. The van der Waals surface area contributed by atoms with Crippen molar-refractivity contribution >= 4 is 49.7 Å². The summed E-state index contributed by atoms with van der Waals surface area (Å²) in [6.45, 7) is 4.18. The van der Waals surface area contributed by atoms with Gasteiger partial charge in [-0.3, -0.25) is 14.6 Å². The molecule has 220 valence electrons. The Bertz CT molecular complexity index is 1760. The zero-order valence-electron chi connectivity index (χ0n) is 23.7. The zero-order chi connectivity index (χ0) is 29.6. The first kappa shape index (κ1) is 28.1. The van der Waals surface area contributed by atoms with Crippen molar-refractivity contribution in [1.29, 1.82) is 0 Å². The molecule has 2 aromatic heterocycles. The summed E-state index contributed by atoms with van der Waals surface area (Å²) < 4.78 is 34.9. The molecule has 0 spiro atoms. The number of hydrogen-bond acceptors (Lipinski definition) is 8. The van der Waals surface area contributed by atoms with Crippen molar-refractivity contribution in [3.05, 3.63) is 59.4 Å². The van der Waals surface area contributed by atoms with Crippen LogP contribution in [0.5, 0.6) is 0 Å². The summed E-state index contributed by atoms with van der Waals surface area (Å²) in [5.74, 6) is -0.158. The first-order valence-corrected chi connectivity index (χ1v) is 15.6. The van der Waals surface area contributed by atoms with Crippen LogP contribution in [-0.2, 0) is 24.3 Å². The molecular weight excluding hydrogens is 556 g/mol. The average Bonchev–Trinajstić information content (AvgIpc) is 3.65. The third-order valence-corrected chi connectivity index (χ3v) is 9.27. The molecule has 4 N–H and O–H groups in total. The van der Waals surface area contributed by atoms with Crippen LogP contribution < -0.4 is 15.4 Å². The minimum Gasteiger partial charge on any atom is -0.469 e. The summed E-state index contributed by atoms with van der Waals surface area (Å²) in [6, 6.07) is 10.4. The number of para-hydroxylation sites is 2. The van der Waals surface area contributed by atoms with Gasteiger partial charge in [0.1, 0.15) is 6.42 Å². The van der Waals surface area contributed by atoms with Gasteiger partial charge in [0.15, 0.2) is 0 Å². The van der Waals surface area contributed by atoms with Gasteiger partial charge in [-0.25, -0.2) is 18.1 Å². The molecule has 42 heavy (non-hydrogen) atoms. The van der Waals surface area contributed by atoms with E-state index in [0.29, 0.717) is 34.6 Å². The van der Waals surface area contributed by atoms with Crippen LogP contribution in [-0.4, -0.2) is 48.9 Å². The average molecular weight is 591 g/mol. The van der Waals surface area contributed by atoms with Crippen molar-refractivity contribution in [3.63, 3.8) is 0 Å². The number of methoxy groups -OCH3 is 1. The number of aromatic amines is 1. The molecule has 0 aliphatic heterocycles. The van der Waals surface area contributed by atoms with Gasteiger partial charge in [0.2, 0.25) is 21.9 Å². The van der Waals surface area contributed by atoms with E-state index >= 15 is 0 Å². The predicted molar refractivity (Wildman–Crippen MR) is 158 cm³/mol. The number of ether oxygens (including phenoxy) is 1. The number of carbonyl (C=O) groups is 2. The molecule has 0 radical (unpaired) electrons. The van der Waals surface area contributed by atoms with Crippen molar-refractivity contribution in [2.24, 2.45) is 5.92 Å². The highest BCUT2D eigenvalue weighted by molar-refractivity contribution is 7.89. The fourth-order valence-corrected chi connectivity index (χ4v) is 7.03. The van der Waals surface area contributed by atoms with Crippen LogP contribution in [0.25, 0.3) is 21.8 Å². The second-order valence-corrected chi connectivity index (χ2v) is 13.2. The number of amides is 1. The first-order valence-electron chi connectivity index (χ1n) is 14.2. The number of rotatable bonds is 10. The molecule has 0 saturated heterocycles. The molecule has 2 aromatic carbocycles. The lowest BCUT2D eigenvalue weighted by Gasteiger charge is -2.19. The van der Waals surface area contributed by atoms with Gasteiger partial charge in [0.25, 0.3) is 0 Å². The Morgan fingerprint density at radius 1 is 1.12 bits per heavy atom. The van der Waals surface area contributed by atoms with Gasteiger partial charge in [0, 0.05) is 35.1 Å². The standard InChI is InChI=1S/C30H34N6O5S/c1-16(2)14-32-42(39,40)26-11-19-24(33-27(37)13-28(38)41-3)12-25(36-30-34-21-6-4-5-7-22(21)35-30)29(19)20-15-31-23(10-18(20)26)17-8-9-17/h4-7,10-11,15-17,24-25,32H,8-9,12-14H2,1-3H3,(H,33,37)(H2,34,35,36)/t24-,25-/m1/s1. The third kappa shape index (κ3) is 5.56. The largest absolute Gasteiger partial charge is 0.469 e. The van der Waals surface area contributed by atoms with Gasteiger partial charge in [0.05, 0.1) is 35.1 Å². The molecule has 1 saturated carbocycles. The summed E-state index contributed by atoms with van der Waals surface area (Å²) in [5.41, 5.74) is 4.05. The number of fused-ring (bicyclic) bond motifs is 4. The van der Waals surface area contributed by atoms with Crippen LogP contribution in [0.1, 0.15) is 74.4 Å². The molecule has 2 aliphatic carbocycles. The maximum Gasteiger partial charge on any atom is 0.315 e. The Balaban J connectivity index is 1.48. The van der Waals surface area contributed by atoms with Crippen LogP contribution in [0.15, 0.2) is 47.5 Å². The van der Waals surface area contributed by atoms with E-state index in [4.69, 9.17) is 4.98 Å². The number of carbonyl (C=O) groups excluding carboxylic acids is 2. The fourth-order valence-electron chi connectivity index (χ4n) is 5.58. The molecule has 4 aromatic rings. The van der Waals surface area contributed by atoms with E-state index in [1.54, 1.807) is 12.3 Å². The maximum atomic E-state index is 13.7. The van der Waals surface area contributed by atoms with Crippen LogP contribution >= 0.6 is 0 Å². The summed E-state index contributed by atoms with van der Waals surface area (Å²) in [5, 5.41) is 7.70. The summed E-state index contributed by atoms with van der Waals surface area (Å²) in [4.78, 5) is 37.5. The number of hydrogen-bond donors (Lipinski definition) is 4. The number of esters is 1. The van der Waals surface area contributed by atoms with Crippen LogP contribution in [0.2, 0.25) is 0 Å². The van der Waals surface area contributed by atoms with E-state index in [1.165, 1.54) is 7.11 Å². The van der Waals surface area contributed by atoms with Crippen molar-refractivity contribution < 1.29 is 22.7 Å². The van der Waals surface area contributed by atoms with Gasteiger partial charge in [-0.05, 0) is 60.6 Å². The summed E-state index contributed by atoms with van der Waals surface area (Å²) >= 11 is 0. The second kappa shape index (κ2) is 11.0. The van der Waals surface area contributed by atoms with Gasteiger partial charge in [-0.15, -0.1) is 0 Å². The Morgan fingerprint density at radius 2 is 1.90 bits per heavy atom. The fraction of sp³-hybridized carbons (Fsp3) is 0.400. The number of benzene rings is 2. The highest BCUT2D eigenvalue weighted by atomic mass is 32.2. The smallest absolute Gasteiger partial charge is 0.315 e. The second-order valence-electron chi connectivity index (χ2n) is 11.5. The molecular formula is C30H34N6O5S. The van der Waals surface area contributed by atoms with Gasteiger partial charge < -0.3 is 20.4 Å². The molecule has 0 bridgehead atoms. The maximum absolute atomic E-state index is 13.7. The number of anilines is 1. The Labute approximate surface area is 243 Å². The van der Waals surface area contributed by atoms with Crippen LogP contribution in [0, 0.1) is 5.92 Å². The summed E-state index contributed by atoms with van der Waals surface area (Å²) in [6.07, 6.45) is 3.78. The van der Waals surface area contributed by atoms with Gasteiger partial charge >= 0.3 is 5.97 Å². The molecule has 1 amide bonds. The Kier molecular flexibility index (Phi) is 7.36. The van der Waals surface area contributed by atoms with Crippen LogP contribution in [0.4, 0.5) is 5.95 Å². The first-order chi connectivity index (χ1) is 20.1. The number of sulfonamides is 1. The van der Waals surface area contributed by atoms with Gasteiger partial charge in [-0.2, -0.15) is 0 Å². The normalized spacial score (nSPS) is 18.4. The lowest BCUT2D eigenvalue weighted by Crippen LogP contribution is -2.30. The summed E-state index contributed by atoms with van der Waals surface area (Å²) in [7, 11) is -2.67. The SMILES string of the molecule is COC(=O)CC(=O)N[C@@H]1C[C@@H](Nc2nc3ccccc3[nH]2)c2c1cc(S(=O)(=O)NCC(C)C)c1cc(C3CC3)ncc21. The number of nitrogens with zero attached hydrogens (tertiary/aromatic N) is 2. The van der Waals surface area contributed by atoms with E-state index < -0.39 is 34.4 Å². The van der Waals surface area contributed by atoms with Crippen molar-refractivity contribution in [3.8, 4) is 0 Å². The van der Waals surface area contributed by atoms with E-state index in [-0.39, 0.29) is 23.4 Å². The molecule has 2 atom stereocenters. The third-order valence-electron chi connectivity index (χ3n) is 7.81. The van der Waals surface area contributed by atoms with Crippen molar-refractivity contribution in [1.82, 2.24) is 25.0 Å². The zero-order valence-corrected chi connectivity index (χ0v) is 24.5. The predicted octanol–water partition coefficient (Wildman–Crippen LogP) is 4.20. The lowest BCUT2D eigenvalue weighted by molar-refractivity contribution is -0.143. The molecule has 0 unspecified atom stereocenters. The monoisotopic (exact) mass is 590 g/mol. The minimum absolute atomic E-state index is 0.118.